The molecule has 0 aromatic heterocycles. The largest absolute Gasteiger partial charge is 0.467 e. The first-order chi connectivity index (χ1) is 18.7. The molecule has 204 valence electrons. The first-order valence-corrected chi connectivity index (χ1v) is 13.8. The lowest BCUT2D eigenvalue weighted by atomic mass is 9.96. The van der Waals surface area contributed by atoms with Crippen molar-refractivity contribution in [2.75, 3.05) is 12.4 Å². The summed E-state index contributed by atoms with van der Waals surface area (Å²) in [6.07, 6.45) is 4.60. The van der Waals surface area contributed by atoms with Crippen molar-refractivity contribution in [1.29, 1.82) is 0 Å². The molecule has 3 aromatic carbocycles. The van der Waals surface area contributed by atoms with Gasteiger partial charge in [0.2, 0.25) is 0 Å². The molecule has 0 saturated carbocycles. The van der Waals surface area contributed by atoms with Gasteiger partial charge in [-0.25, -0.2) is 4.79 Å². The average molecular weight is 527 g/mol. The number of nitrogens with one attached hydrogen (secondary N) is 1. The minimum Gasteiger partial charge on any atom is -0.467 e. The second-order valence-electron chi connectivity index (χ2n) is 10.7. The zero-order chi connectivity index (χ0) is 28.1. The van der Waals surface area contributed by atoms with Gasteiger partial charge in [0.1, 0.15) is 6.04 Å². The molecule has 1 N–H and O–H groups in total. The highest BCUT2D eigenvalue weighted by Crippen LogP contribution is 2.33. The number of esters is 1. The fraction of sp³-hybridized carbons (Fsp3) is 0.364. The van der Waals surface area contributed by atoms with Crippen molar-refractivity contribution in [3.8, 4) is 11.1 Å². The van der Waals surface area contributed by atoms with E-state index in [4.69, 9.17) is 4.74 Å². The molecule has 1 aliphatic heterocycles. The highest BCUT2D eigenvalue weighted by Gasteiger charge is 2.38. The van der Waals surface area contributed by atoms with Crippen molar-refractivity contribution >= 4 is 23.5 Å². The van der Waals surface area contributed by atoms with E-state index < -0.39 is 12.0 Å². The minimum absolute atomic E-state index is 0.0658. The number of fused-ring (bicyclic) bond motifs is 1. The number of amides is 2. The average Bonchev–Trinajstić information content (AvgIpc) is 3.24. The number of hydrogen-bond acceptors (Lipinski definition) is 4. The monoisotopic (exact) mass is 526 g/mol. The van der Waals surface area contributed by atoms with Gasteiger partial charge < -0.3 is 15.0 Å². The van der Waals surface area contributed by atoms with E-state index in [-0.39, 0.29) is 17.7 Å². The van der Waals surface area contributed by atoms with Gasteiger partial charge in [0.05, 0.1) is 7.11 Å². The quantitative estimate of drug-likeness (QED) is 0.233. The molecule has 0 fully saturated rings. The van der Waals surface area contributed by atoms with Crippen LogP contribution in [0.1, 0.15) is 77.4 Å². The first-order valence-electron chi connectivity index (χ1n) is 13.8. The van der Waals surface area contributed by atoms with Gasteiger partial charge >= 0.3 is 5.97 Å². The normalized spacial score (nSPS) is 13.4. The van der Waals surface area contributed by atoms with Crippen LogP contribution in [0.15, 0.2) is 60.7 Å². The predicted molar refractivity (Wildman–Crippen MR) is 155 cm³/mol. The summed E-state index contributed by atoms with van der Waals surface area (Å²) in [5, 5.41) is 3.00. The number of benzene rings is 3. The van der Waals surface area contributed by atoms with E-state index in [1.807, 2.05) is 81.4 Å². The number of hydrogen-bond donors (Lipinski definition) is 1. The third-order valence-corrected chi connectivity index (χ3v) is 7.43. The van der Waals surface area contributed by atoms with Gasteiger partial charge in [0, 0.05) is 23.4 Å². The van der Waals surface area contributed by atoms with Crippen molar-refractivity contribution in [2.45, 2.75) is 66.0 Å². The standard InChI is InChI=1S/C33H38N2O4/c1-6-7-8-9-23-10-12-24(13-11-23)31(36)34-27-16-17-28(22(4)18-27)25-14-15-26-20-35(32(37)29(26)19-25)30(21(2)3)33(38)39-5/h10-19,21,30H,6-9,20H2,1-5H3,(H,34,36)/t30-/m0/s1. The number of unbranched alkanes of at least 4 members (excludes halogenated alkanes) is 2. The number of nitrogens with zero attached hydrogens (tertiary/aromatic N) is 1. The topological polar surface area (TPSA) is 75.7 Å². The van der Waals surface area contributed by atoms with Crippen LogP contribution in [-0.4, -0.2) is 35.8 Å². The fourth-order valence-electron chi connectivity index (χ4n) is 5.27. The van der Waals surface area contributed by atoms with Crippen LogP contribution in [0.4, 0.5) is 5.69 Å². The van der Waals surface area contributed by atoms with Crippen molar-refractivity contribution in [3.05, 3.63) is 88.5 Å². The molecule has 0 unspecified atom stereocenters. The Labute approximate surface area is 231 Å². The maximum Gasteiger partial charge on any atom is 0.328 e. The lowest BCUT2D eigenvalue weighted by Gasteiger charge is -2.28. The lowest BCUT2D eigenvalue weighted by Crippen LogP contribution is -2.45. The Hall–Kier alpha value is -3.93. The van der Waals surface area contributed by atoms with Gasteiger partial charge in [-0.15, -0.1) is 0 Å². The summed E-state index contributed by atoms with van der Waals surface area (Å²) in [7, 11) is 1.35. The van der Waals surface area contributed by atoms with Crippen LogP contribution < -0.4 is 5.32 Å². The molecular weight excluding hydrogens is 488 g/mol. The summed E-state index contributed by atoms with van der Waals surface area (Å²) in [6.45, 7) is 8.39. The van der Waals surface area contributed by atoms with Gasteiger partial charge in [-0.1, -0.05) is 63.9 Å². The third-order valence-electron chi connectivity index (χ3n) is 7.43. The summed E-state index contributed by atoms with van der Waals surface area (Å²) in [4.78, 5) is 40.1. The van der Waals surface area contributed by atoms with Crippen LogP contribution in [0.2, 0.25) is 0 Å². The van der Waals surface area contributed by atoms with Gasteiger partial charge in [-0.2, -0.15) is 0 Å². The van der Waals surface area contributed by atoms with Gasteiger partial charge in [0.25, 0.3) is 11.8 Å². The van der Waals surface area contributed by atoms with Crippen molar-refractivity contribution < 1.29 is 19.1 Å². The summed E-state index contributed by atoms with van der Waals surface area (Å²) >= 11 is 0. The third kappa shape index (κ3) is 6.22. The van der Waals surface area contributed by atoms with Crippen molar-refractivity contribution in [1.82, 2.24) is 4.90 Å². The lowest BCUT2D eigenvalue weighted by molar-refractivity contribution is -0.147. The van der Waals surface area contributed by atoms with Gasteiger partial charge in [0.15, 0.2) is 0 Å². The number of carbonyl (C=O) groups excluding carboxylic acids is 3. The van der Waals surface area contributed by atoms with E-state index in [9.17, 15) is 14.4 Å². The molecule has 39 heavy (non-hydrogen) atoms. The first kappa shape index (κ1) is 28.1. The fourth-order valence-corrected chi connectivity index (χ4v) is 5.27. The molecule has 1 aliphatic rings. The Kier molecular flexibility index (Phi) is 8.85. The minimum atomic E-state index is -0.625. The number of aryl methyl sites for hydroxylation is 2. The second kappa shape index (κ2) is 12.3. The number of ether oxygens (including phenoxy) is 1. The van der Waals surface area contributed by atoms with Crippen LogP contribution >= 0.6 is 0 Å². The van der Waals surface area contributed by atoms with E-state index in [0.29, 0.717) is 17.7 Å². The van der Waals surface area contributed by atoms with Gasteiger partial charge in [-0.05, 0) is 83.8 Å². The molecule has 0 aliphatic carbocycles. The highest BCUT2D eigenvalue weighted by atomic mass is 16.5. The Morgan fingerprint density at radius 1 is 0.974 bits per heavy atom. The number of rotatable bonds is 10. The molecule has 0 spiro atoms. The summed E-state index contributed by atoms with van der Waals surface area (Å²) in [5.74, 6) is -0.767. The van der Waals surface area contributed by atoms with Crippen LogP contribution in [0.5, 0.6) is 0 Å². The van der Waals surface area contributed by atoms with Crippen LogP contribution in [-0.2, 0) is 22.5 Å². The molecule has 6 nitrogen and oxygen atoms in total. The van der Waals surface area contributed by atoms with E-state index in [2.05, 4.69) is 12.2 Å². The molecule has 4 rings (SSSR count). The molecule has 0 saturated heterocycles. The second-order valence-corrected chi connectivity index (χ2v) is 10.7. The molecule has 1 heterocycles. The summed E-state index contributed by atoms with van der Waals surface area (Å²) in [5.41, 5.74) is 6.98. The Morgan fingerprint density at radius 2 is 1.72 bits per heavy atom. The maximum absolute atomic E-state index is 13.3. The number of anilines is 1. The van der Waals surface area contributed by atoms with Crippen LogP contribution in [0, 0.1) is 12.8 Å². The van der Waals surface area contributed by atoms with Crippen molar-refractivity contribution in [3.63, 3.8) is 0 Å². The highest BCUT2D eigenvalue weighted by molar-refractivity contribution is 6.04. The summed E-state index contributed by atoms with van der Waals surface area (Å²) in [6, 6.07) is 18.8. The van der Waals surface area contributed by atoms with Crippen LogP contribution in [0.25, 0.3) is 11.1 Å². The Morgan fingerprint density at radius 3 is 2.36 bits per heavy atom. The van der Waals surface area contributed by atoms with Crippen LogP contribution in [0.3, 0.4) is 0 Å². The number of carbonyl (C=O) groups is 3. The molecule has 0 radical (unpaired) electrons. The van der Waals surface area contributed by atoms with E-state index in [1.165, 1.54) is 25.5 Å². The summed E-state index contributed by atoms with van der Waals surface area (Å²) < 4.78 is 4.97. The van der Waals surface area contributed by atoms with E-state index in [1.54, 1.807) is 4.90 Å². The molecule has 0 bridgehead atoms. The maximum atomic E-state index is 13.3. The molecular formula is C33H38N2O4. The molecule has 1 atom stereocenters. The van der Waals surface area contributed by atoms with E-state index >= 15 is 0 Å². The van der Waals surface area contributed by atoms with Crippen molar-refractivity contribution in [2.24, 2.45) is 5.92 Å². The molecule has 3 aromatic rings. The van der Waals surface area contributed by atoms with Gasteiger partial charge in [-0.3, -0.25) is 9.59 Å². The van der Waals surface area contributed by atoms with E-state index in [0.717, 1.165) is 40.8 Å². The zero-order valence-corrected chi connectivity index (χ0v) is 23.5. The molecule has 2 amide bonds. The molecule has 6 heteroatoms. The smallest absolute Gasteiger partial charge is 0.328 e. The SMILES string of the molecule is CCCCCc1ccc(C(=O)Nc2ccc(-c3ccc4c(c3)C(=O)N([C@H](C(=O)OC)C(C)C)C4)c(C)c2)cc1. The number of methoxy groups -OCH3 is 1. The predicted octanol–water partition coefficient (Wildman–Crippen LogP) is 6.80. The zero-order valence-electron chi connectivity index (χ0n) is 23.5. The Bertz CT molecular complexity index is 1360. The Balaban J connectivity index is 1.48.